The van der Waals surface area contributed by atoms with E-state index in [4.69, 9.17) is 9.47 Å². The number of alkyl carbamates (subject to hydrolysis) is 1. The van der Waals surface area contributed by atoms with Crippen molar-refractivity contribution in [2.45, 2.75) is 58.8 Å². The molecule has 0 spiro atoms. The van der Waals surface area contributed by atoms with E-state index in [0.29, 0.717) is 11.1 Å². The maximum atomic E-state index is 12.0. The zero-order chi connectivity index (χ0) is 18.5. The lowest BCUT2D eigenvalue weighted by atomic mass is 10.1. The van der Waals surface area contributed by atoms with Crippen molar-refractivity contribution >= 4 is 12.1 Å². The molecule has 0 saturated carbocycles. The Hall–Kier alpha value is -2.08. The Bertz CT molecular complexity index is 567. The molecule has 0 fully saturated rings. The SMILES string of the molecule is CC(C)(C)OC(=O)N[C@H](CO)c1ccc(C(=O)OC(C)(C)C)cc1. The van der Waals surface area contributed by atoms with Gasteiger partial charge in [-0.3, -0.25) is 0 Å². The predicted octanol–water partition coefficient (Wildman–Crippen LogP) is 3.20. The summed E-state index contributed by atoms with van der Waals surface area (Å²) >= 11 is 0. The van der Waals surface area contributed by atoms with E-state index in [9.17, 15) is 14.7 Å². The van der Waals surface area contributed by atoms with Crippen molar-refractivity contribution in [3.05, 3.63) is 35.4 Å². The third-order valence-electron chi connectivity index (χ3n) is 2.82. The van der Waals surface area contributed by atoms with Crippen molar-refractivity contribution in [1.82, 2.24) is 5.32 Å². The number of amides is 1. The van der Waals surface area contributed by atoms with E-state index in [2.05, 4.69) is 5.32 Å². The van der Waals surface area contributed by atoms with Gasteiger partial charge >= 0.3 is 12.1 Å². The first kappa shape index (κ1) is 20.0. The number of aliphatic hydroxyl groups is 1. The van der Waals surface area contributed by atoms with E-state index < -0.39 is 29.3 Å². The van der Waals surface area contributed by atoms with Gasteiger partial charge in [-0.15, -0.1) is 0 Å². The van der Waals surface area contributed by atoms with Gasteiger partial charge in [0.15, 0.2) is 0 Å². The van der Waals surface area contributed by atoms with Crippen LogP contribution in [0, 0.1) is 0 Å². The first-order chi connectivity index (χ1) is 10.9. The number of carbonyl (C=O) groups is 2. The topological polar surface area (TPSA) is 84.9 Å². The molecule has 0 saturated heterocycles. The fourth-order valence-corrected chi connectivity index (χ4v) is 1.87. The number of hydrogen-bond donors (Lipinski definition) is 2. The second kappa shape index (κ2) is 7.66. The van der Waals surface area contributed by atoms with E-state index >= 15 is 0 Å². The molecule has 134 valence electrons. The zero-order valence-corrected chi connectivity index (χ0v) is 15.2. The second-order valence-corrected chi connectivity index (χ2v) is 7.51. The van der Waals surface area contributed by atoms with Crippen LogP contribution in [0.3, 0.4) is 0 Å². The highest BCUT2D eigenvalue weighted by Crippen LogP contribution is 2.17. The minimum Gasteiger partial charge on any atom is -0.456 e. The first-order valence-electron chi connectivity index (χ1n) is 7.85. The summed E-state index contributed by atoms with van der Waals surface area (Å²) in [5, 5.41) is 12.1. The Morgan fingerprint density at radius 1 is 1.00 bits per heavy atom. The van der Waals surface area contributed by atoms with E-state index in [1.807, 2.05) is 0 Å². The standard InChI is InChI=1S/C18H27NO5/c1-17(2,3)23-15(21)13-9-7-12(8-10-13)14(11-20)19-16(22)24-18(4,5)6/h7-10,14,20H,11H2,1-6H3,(H,19,22)/t14-/m1/s1. The molecule has 0 unspecified atom stereocenters. The van der Waals surface area contributed by atoms with Gasteiger partial charge in [-0.05, 0) is 59.2 Å². The van der Waals surface area contributed by atoms with Crippen LogP contribution in [-0.2, 0) is 9.47 Å². The second-order valence-electron chi connectivity index (χ2n) is 7.51. The minimum absolute atomic E-state index is 0.287. The van der Waals surface area contributed by atoms with Crippen molar-refractivity contribution in [2.24, 2.45) is 0 Å². The molecule has 1 aromatic rings. The molecule has 1 atom stereocenters. The zero-order valence-electron chi connectivity index (χ0n) is 15.2. The molecule has 1 aromatic carbocycles. The molecule has 24 heavy (non-hydrogen) atoms. The molecule has 2 N–H and O–H groups in total. The number of esters is 1. The third kappa shape index (κ3) is 7.00. The van der Waals surface area contributed by atoms with Gasteiger partial charge in [0.2, 0.25) is 0 Å². The lowest BCUT2D eigenvalue weighted by molar-refractivity contribution is 0.00690. The average Bonchev–Trinajstić information content (AvgIpc) is 2.41. The monoisotopic (exact) mass is 337 g/mol. The Morgan fingerprint density at radius 2 is 1.50 bits per heavy atom. The Balaban J connectivity index is 2.78. The van der Waals surface area contributed by atoms with Gasteiger partial charge in [0.05, 0.1) is 18.2 Å². The molecule has 1 rings (SSSR count). The van der Waals surface area contributed by atoms with Crippen molar-refractivity contribution in [3.8, 4) is 0 Å². The van der Waals surface area contributed by atoms with E-state index in [0.717, 1.165) is 0 Å². The first-order valence-corrected chi connectivity index (χ1v) is 7.85. The van der Waals surface area contributed by atoms with Gasteiger partial charge in [-0.25, -0.2) is 9.59 Å². The molecular weight excluding hydrogens is 310 g/mol. The number of aliphatic hydroxyl groups excluding tert-OH is 1. The number of hydrogen-bond acceptors (Lipinski definition) is 5. The van der Waals surface area contributed by atoms with Gasteiger partial charge in [0.1, 0.15) is 11.2 Å². The normalized spacial score (nSPS) is 13.1. The summed E-state index contributed by atoms with van der Waals surface area (Å²) < 4.78 is 10.5. The van der Waals surface area contributed by atoms with Gasteiger partial charge < -0.3 is 19.9 Å². The van der Waals surface area contributed by atoms with Crippen molar-refractivity contribution in [1.29, 1.82) is 0 Å². The Morgan fingerprint density at radius 3 is 1.92 bits per heavy atom. The summed E-state index contributed by atoms with van der Waals surface area (Å²) in [5.41, 5.74) is -0.120. The molecule has 0 aliphatic carbocycles. The number of nitrogens with one attached hydrogen (secondary N) is 1. The smallest absolute Gasteiger partial charge is 0.408 e. The summed E-state index contributed by atoms with van der Waals surface area (Å²) in [5.74, 6) is -0.422. The highest BCUT2D eigenvalue weighted by atomic mass is 16.6. The highest BCUT2D eigenvalue weighted by molar-refractivity contribution is 5.89. The van der Waals surface area contributed by atoms with Gasteiger partial charge in [0.25, 0.3) is 0 Å². The molecule has 6 nitrogen and oxygen atoms in total. The maximum absolute atomic E-state index is 12.0. The Labute approximate surface area is 143 Å². The minimum atomic E-state index is -0.620. The summed E-state index contributed by atoms with van der Waals surface area (Å²) in [6.45, 7) is 10.4. The predicted molar refractivity (Wildman–Crippen MR) is 90.8 cm³/mol. The number of ether oxygens (including phenoxy) is 2. The van der Waals surface area contributed by atoms with Crippen LogP contribution in [0.4, 0.5) is 4.79 Å². The van der Waals surface area contributed by atoms with E-state index in [1.54, 1.807) is 65.8 Å². The van der Waals surface area contributed by atoms with Crippen LogP contribution in [0.1, 0.15) is 63.5 Å². The van der Waals surface area contributed by atoms with Gasteiger partial charge in [0, 0.05) is 0 Å². The lowest BCUT2D eigenvalue weighted by Gasteiger charge is -2.23. The average molecular weight is 337 g/mol. The lowest BCUT2D eigenvalue weighted by Crippen LogP contribution is -2.36. The van der Waals surface area contributed by atoms with Gasteiger partial charge in [-0.1, -0.05) is 12.1 Å². The molecule has 6 heteroatoms. The summed E-state index contributed by atoms with van der Waals surface area (Å²) in [6, 6.07) is 5.91. The molecular formula is C18H27NO5. The summed E-state index contributed by atoms with van der Waals surface area (Å²) in [4.78, 5) is 23.8. The molecule has 1 amide bonds. The number of carbonyl (C=O) groups excluding carboxylic acids is 2. The number of rotatable bonds is 4. The molecule has 0 aliphatic rings. The largest absolute Gasteiger partial charge is 0.456 e. The maximum Gasteiger partial charge on any atom is 0.408 e. The molecule has 0 radical (unpaired) electrons. The van der Waals surface area contributed by atoms with Crippen LogP contribution in [0.2, 0.25) is 0 Å². The summed E-state index contributed by atoms with van der Waals surface area (Å²) in [6.07, 6.45) is -0.613. The van der Waals surface area contributed by atoms with E-state index in [-0.39, 0.29) is 6.61 Å². The number of benzene rings is 1. The van der Waals surface area contributed by atoms with E-state index in [1.165, 1.54) is 0 Å². The van der Waals surface area contributed by atoms with Crippen LogP contribution in [0.15, 0.2) is 24.3 Å². The van der Waals surface area contributed by atoms with Crippen molar-refractivity contribution in [2.75, 3.05) is 6.61 Å². The van der Waals surface area contributed by atoms with Crippen LogP contribution < -0.4 is 5.32 Å². The van der Waals surface area contributed by atoms with Gasteiger partial charge in [-0.2, -0.15) is 0 Å². The van der Waals surface area contributed by atoms with Crippen molar-refractivity contribution < 1.29 is 24.2 Å². The summed E-state index contributed by atoms with van der Waals surface area (Å²) in [7, 11) is 0. The van der Waals surface area contributed by atoms with Crippen LogP contribution >= 0.6 is 0 Å². The van der Waals surface area contributed by atoms with Crippen LogP contribution in [0.25, 0.3) is 0 Å². The molecule has 0 aromatic heterocycles. The fraction of sp³-hybridized carbons (Fsp3) is 0.556. The van der Waals surface area contributed by atoms with Crippen LogP contribution in [-0.4, -0.2) is 35.0 Å². The van der Waals surface area contributed by atoms with Crippen molar-refractivity contribution in [3.63, 3.8) is 0 Å². The third-order valence-corrected chi connectivity index (χ3v) is 2.82. The molecule has 0 heterocycles. The Kier molecular flexibility index (Phi) is 6.37. The quantitative estimate of drug-likeness (QED) is 0.824. The molecule has 0 bridgehead atoms. The molecule has 0 aliphatic heterocycles. The highest BCUT2D eigenvalue weighted by Gasteiger charge is 2.21. The fourth-order valence-electron chi connectivity index (χ4n) is 1.87. The van der Waals surface area contributed by atoms with Crippen LogP contribution in [0.5, 0.6) is 0 Å².